The molecular formula is C22H22O3S. The van der Waals surface area contributed by atoms with Gasteiger partial charge in [0, 0.05) is 5.56 Å². The summed E-state index contributed by atoms with van der Waals surface area (Å²) in [6.45, 7) is 2.11. The maximum atomic E-state index is 13.0. The number of unbranched alkanes of at least 4 members (excludes halogenated alkanes) is 1. The van der Waals surface area contributed by atoms with E-state index in [2.05, 4.69) is 6.92 Å². The Labute approximate surface area is 155 Å². The van der Waals surface area contributed by atoms with Crippen LogP contribution in [-0.2, 0) is 16.5 Å². The molecule has 0 bridgehead atoms. The van der Waals surface area contributed by atoms with Gasteiger partial charge in [-0.05, 0) is 36.1 Å². The summed E-state index contributed by atoms with van der Waals surface area (Å²) >= 11 is 0. The Morgan fingerprint density at radius 3 is 2.23 bits per heavy atom. The van der Waals surface area contributed by atoms with Crippen molar-refractivity contribution in [2.45, 2.75) is 31.1 Å². The Morgan fingerprint density at radius 2 is 1.46 bits per heavy atom. The van der Waals surface area contributed by atoms with E-state index in [-0.39, 0.29) is 4.90 Å². The number of aryl methyl sites for hydroxylation is 1. The van der Waals surface area contributed by atoms with Crippen molar-refractivity contribution < 1.29 is 12.6 Å². The molecule has 0 spiro atoms. The van der Waals surface area contributed by atoms with Crippen molar-refractivity contribution in [3.63, 3.8) is 0 Å². The van der Waals surface area contributed by atoms with Crippen LogP contribution in [-0.4, -0.2) is 8.42 Å². The van der Waals surface area contributed by atoms with Crippen LogP contribution >= 0.6 is 0 Å². The Balaban J connectivity index is 1.98. The van der Waals surface area contributed by atoms with E-state index in [1.54, 1.807) is 30.3 Å². The minimum absolute atomic E-state index is 0.177. The lowest BCUT2D eigenvalue weighted by molar-refractivity contribution is 0.482. The number of para-hydroxylation sites is 1. The lowest BCUT2D eigenvalue weighted by Crippen LogP contribution is -2.12. The summed E-state index contributed by atoms with van der Waals surface area (Å²) in [4.78, 5) is 0.177. The highest BCUT2D eigenvalue weighted by Gasteiger charge is 2.22. The van der Waals surface area contributed by atoms with Crippen LogP contribution in [0.5, 0.6) is 5.75 Å². The molecule has 3 rings (SSSR count). The zero-order valence-corrected chi connectivity index (χ0v) is 15.6. The van der Waals surface area contributed by atoms with E-state index in [1.165, 1.54) is 0 Å². The molecule has 0 aliphatic rings. The Bertz CT molecular complexity index is 963. The minimum Gasteiger partial charge on any atom is -0.379 e. The molecule has 0 heterocycles. The first-order chi connectivity index (χ1) is 12.6. The van der Waals surface area contributed by atoms with Crippen molar-refractivity contribution in [1.82, 2.24) is 0 Å². The van der Waals surface area contributed by atoms with Gasteiger partial charge in [0.25, 0.3) is 0 Å². The second-order valence-corrected chi connectivity index (χ2v) is 7.63. The standard InChI is InChI=1S/C22H22O3S/c1-2-3-11-19-14-7-9-16-21(19)25-26(23,24)22-17-10-8-15-20(22)18-12-5-4-6-13-18/h4-10,12-17H,2-3,11H2,1H3. The second kappa shape index (κ2) is 8.19. The van der Waals surface area contributed by atoms with Crippen LogP contribution in [0.2, 0.25) is 0 Å². The van der Waals surface area contributed by atoms with Crippen LogP contribution in [0, 0.1) is 0 Å². The normalized spacial score (nSPS) is 11.3. The quantitative estimate of drug-likeness (QED) is 0.521. The molecule has 0 radical (unpaired) electrons. The fraction of sp³-hybridized carbons (Fsp3) is 0.182. The molecule has 3 aromatic rings. The van der Waals surface area contributed by atoms with Gasteiger partial charge in [-0.2, -0.15) is 8.42 Å². The highest BCUT2D eigenvalue weighted by Crippen LogP contribution is 2.30. The Kier molecular flexibility index (Phi) is 5.74. The smallest absolute Gasteiger partial charge is 0.339 e. The van der Waals surface area contributed by atoms with Crippen molar-refractivity contribution in [3.05, 3.63) is 84.4 Å². The van der Waals surface area contributed by atoms with Gasteiger partial charge in [-0.15, -0.1) is 0 Å². The van der Waals surface area contributed by atoms with Crippen LogP contribution in [0.4, 0.5) is 0 Å². The topological polar surface area (TPSA) is 43.4 Å². The molecule has 0 fully saturated rings. The van der Waals surface area contributed by atoms with Crippen LogP contribution < -0.4 is 4.18 Å². The van der Waals surface area contributed by atoms with E-state index in [9.17, 15) is 8.42 Å². The number of hydrogen-bond donors (Lipinski definition) is 0. The largest absolute Gasteiger partial charge is 0.379 e. The fourth-order valence-corrected chi connectivity index (χ4v) is 4.05. The summed E-state index contributed by atoms with van der Waals surface area (Å²) < 4.78 is 31.5. The molecule has 0 unspecified atom stereocenters. The first-order valence-corrected chi connectivity index (χ1v) is 10.2. The first-order valence-electron chi connectivity index (χ1n) is 8.78. The van der Waals surface area contributed by atoms with E-state index in [0.29, 0.717) is 11.3 Å². The van der Waals surface area contributed by atoms with Crippen LogP contribution in [0.15, 0.2) is 83.8 Å². The molecule has 0 saturated carbocycles. The average molecular weight is 366 g/mol. The summed E-state index contributed by atoms with van der Waals surface area (Å²) in [5.41, 5.74) is 2.39. The number of rotatable bonds is 7. The summed E-state index contributed by atoms with van der Waals surface area (Å²) in [6, 6.07) is 23.7. The molecule has 0 N–H and O–H groups in total. The molecule has 26 heavy (non-hydrogen) atoms. The zero-order valence-electron chi connectivity index (χ0n) is 14.8. The molecule has 134 valence electrons. The summed E-state index contributed by atoms with van der Waals surface area (Å²) in [6.07, 6.45) is 2.82. The zero-order chi connectivity index (χ0) is 18.4. The molecule has 3 nitrogen and oxygen atoms in total. The summed E-state index contributed by atoms with van der Waals surface area (Å²) in [7, 11) is -3.94. The summed E-state index contributed by atoms with van der Waals surface area (Å²) in [5.74, 6) is 0.406. The van der Waals surface area contributed by atoms with E-state index in [4.69, 9.17) is 4.18 Å². The van der Waals surface area contributed by atoms with E-state index in [1.807, 2.05) is 48.5 Å². The molecule has 3 aromatic carbocycles. The predicted octanol–water partition coefficient (Wildman–Crippen LogP) is 5.46. The SMILES string of the molecule is CCCCc1ccccc1OS(=O)(=O)c1ccccc1-c1ccccc1. The molecule has 0 saturated heterocycles. The lowest BCUT2D eigenvalue weighted by Gasteiger charge is -2.14. The fourth-order valence-electron chi connectivity index (χ4n) is 2.86. The summed E-state index contributed by atoms with van der Waals surface area (Å²) in [5, 5.41) is 0. The average Bonchev–Trinajstić information content (AvgIpc) is 2.68. The number of hydrogen-bond acceptors (Lipinski definition) is 3. The lowest BCUT2D eigenvalue weighted by atomic mass is 10.1. The van der Waals surface area contributed by atoms with Gasteiger partial charge in [0.05, 0.1) is 0 Å². The minimum atomic E-state index is -3.94. The number of benzene rings is 3. The predicted molar refractivity (Wildman–Crippen MR) is 105 cm³/mol. The molecule has 0 aliphatic carbocycles. The van der Waals surface area contributed by atoms with Crippen LogP contribution in [0.3, 0.4) is 0 Å². The Morgan fingerprint density at radius 1 is 0.808 bits per heavy atom. The monoisotopic (exact) mass is 366 g/mol. The van der Waals surface area contributed by atoms with Crippen LogP contribution in [0.25, 0.3) is 11.1 Å². The van der Waals surface area contributed by atoms with Crippen molar-refractivity contribution in [2.75, 3.05) is 0 Å². The van der Waals surface area contributed by atoms with Gasteiger partial charge in [-0.25, -0.2) is 0 Å². The van der Waals surface area contributed by atoms with Crippen LogP contribution in [0.1, 0.15) is 25.3 Å². The molecule has 0 atom stereocenters. The van der Waals surface area contributed by atoms with Gasteiger partial charge in [-0.3, -0.25) is 0 Å². The highest BCUT2D eigenvalue weighted by atomic mass is 32.2. The molecule has 0 aliphatic heterocycles. The van der Waals surface area contributed by atoms with E-state index < -0.39 is 10.1 Å². The molecular weight excluding hydrogens is 344 g/mol. The van der Waals surface area contributed by atoms with Gasteiger partial charge in [0.15, 0.2) is 0 Å². The highest BCUT2D eigenvalue weighted by molar-refractivity contribution is 7.87. The third-order valence-corrected chi connectivity index (χ3v) is 5.51. The van der Waals surface area contributed by atoms with Gasteiger partial charge in [0.2, 0.25) is 0 Å². The third-order valence-electron chi connectivity index (χ3n) is 4.21. The Hall–Kier alpha value is -2.59. The maximum absolute atomic E-state index is 13.0. The van der Waals surface area contributed by atoms with Crippen molar-refractivity contribution >= 4 is 10.1 Å². The molecule has 4 heteroatoms. The van der Waals surface area contributed by atoms with Crippen molar-refractivity contribution in [1.29, 1.82) is 0 Å². The van der Waals surface area contributed by atoms with Gasteiger partial charge >= 0.3 is 10.1 Å². The van der Waals surface area contributed by atoms with Gasteiger partial charge in [0.1, 0.15) is 10.6 Å². The molecule has 0 aromatic heterocycles. The maximum Gasteiger partial charge on any atom is 0.339 e. The van der Waals surface area contributed by atoms with Gasteiger partial charge < -0.3 is 4.18 Å². The van der Waals surface area contributed by atoms with E-state index >= 15 is 0 Å². The molecule has 0 amide bonds. The second-order valence-electron chi connectivity index (χ2n) is 6.11. The van der Waals surface area contributed by atoms with E-state index in [0.717, 1.165) is 30.4 Å². The van der Waals surface area contributed by atoms with Crippen molar-refractivity contribution in [2.24, 2.45) is 0 Å². The van der Waals surface area contributed by atoms with Gasteiger partial charge in [-0.1, -0.05) is 80.1 Å². The van der Waals surface area contributed by atoms with Crippen molar-refractivity contribution in [3.8, 4) is 16.9 Å². The first kappa shape index (κ1) is 18.2. The third kappa shape index (κ3) is 4.14.